The summed E-state index contributed by atoms with van der Waals surface area (Å²) >= 11 is 3.08. The Labute approximate surface area is 124 Å². The summed E-state index contributed by atoms with van der Waals surface area (Å²) in [6.45, 7) is 1.39. The number of nitrogens with one attached hydrogen (secondary N) is 2. The Kier molecular flexibility index (Phi) is 4.72. The predicted octanol–water partition coefficient (Wildman–Crippen LogP) is 0.748. The van der Waals surface area contributed by atoms with Crippen LogP contribution in [0.25, 0.3) is 0 Å². The lowest BCUT2D eigenvalue weighted by atomic mass is 10.1. The molecule has 0 radical (unpaired) electrons. The SMILES string of the molecule is CNC(=O)C1CNCCN1C(=O)c1cccc(F)c1Br. The van der Waals surface area contributed by atoms with E-state index in [1.807, 2.05) is 0 Å². The van der Waals surface area contributed by atoms with Crippen molar-refractivity contribution in [3.8, 4) is 0 Å². The highest BCUT2D eigenvalue weighted by Gasteiger charge is 2.33. The summed E-state index contributed by atoms with van der Waals surface area (Å²) in [5.41, 5.74) is 0.223. The van der Waals surface area contributed by atoms with Gasteiger partial charge in [-0.1, -0.05) is 6.07 Å². The third-order valence-corrected chi connectivity index (χ3v) is 4.04. The van der Waals surface area contributed by atoms with Crippen LogP contribution in [0.15, 0.2) is 22.7 Å². The van der Waals surface area contributed by atoms with Crippen LogP contribution in [0.1, 0.15) is 10.4 Å². The molecule has 108 valence electrons. The molecule has 1 aromatic carbocycles. The summed E-state index contributed by atoms with van der Waals surface area (Å²) in [5.74, 6) is -1.09. The number of rotatable bonds is 2. The van der Waals surface area contributed by atoms with E-state index in [1.165, 1.54) is 24.1 Å². The second-order valence-electron chi connectivity index (χ2n) is 4.43. The van der Waals surface area contributed by atoms with Crippen molar-refractivity contribution in [2.75, 3.05) is 26.7 Å². The Bertz CT molecular complexity index is 538. The molecule has 7 heteroatoms. The number of likely N-dealkylation sites (N-methyl/N-ethyl adjacent to an activating group) is 1. The van der Waals surface area contributed by atoms with Crippen molar-refractivity contribution >= 4 is 27.7 Å². The maximum absolute atomic E-state index is 13.5. The average Bonchev–Trinajstić information content (AvgIpc) is 2.48. The van der Waals surface area contributed by atoms with E-state index in [0.717, 1.165) is 0 Å². The summed E-state index contributed by atoms with van der Waals surface area (Å²) < 4.78 is 13.6. The second kappa shape index (κ2) is 6.32. The van der Waals surface area contributed by atoms with Crippen LogP contribution in [0.5, 0.6) is 0 Å². The van der Waals surface area contributed by atoms with Gasteiger partial charge >= 0.3 is 0 Å². The van der Waals surface area contributed by atoms with Crippen LogP contribution in [-0.2, 0) is 4.79 Å². The molecule has 0 saturated carbocycles. The molecule has 1 unspecified atom stereocenters. The number of piperazine rings is 1. The number of carbonyl (C=O) groups is 2. The molecule has 1 atom stereocenters. The summed E-state index contributed by atoms with van der Waals surface area (Å²) in [6, 6.07) is 3.70. The normalized spacial score (nSPS) is 18.8. The van der Waals surface area contributed by atoms with E-state index < -0.39 is 11.9 Å². The van der Waals surface area contributed by atoms with Crippen molar-refractivity contribution in [2.45, 2.75) is 6.04 Å². The van der Waals surface area contributed by atoms with Gasteiger partial charge in [0.05, 0.1) is 10.0 Å². The smallest absolute Gasteiger partial charge is 0.255 e. The molecule has 0 aliphatic carbocycles. The molecule has 0 aromatic heterocycles. The Hall–Kier alpha value is -1.47. The molecule has 1 aromatic rings. The molecule has 2 amide bonds. The van der Waals surface area contributed by atoms with E-state index >= 15 is 0 Å². The largest absolute Gasteiger partial charge is 0.357 e. The highest BCUT2D eigenvalue weighted by Crippen LogP contribution is 2.23. The van der Waals surface area contributed by atoms with E-state index in [2.05, 4.69) is 26.6 Å². The van der Waals surface area contributed by atoms with Crippen LogP contribution >= 0.6 is 15.9 Å². The zero-order valence-corrected chi connectivity index (χ0v) is 12.5. The number of nitrogens with zero attached hydrogens (tertiary/aromatic N) is 1. The molecule has 5 nitrogen and oxygen atoms in total. The molecule has 1 aliphatic rings. The quantitative estimate of drug-likeness (QED) is 0.832. The molecule has 1 aliphatic heterocycles. The van der Waals surface area contributed by atoms with Crippen molar-refractivity contribution in [1.82, 2.24) is 15.5 Å². The van der Waals surface area contributed by atoms with Crippen molar-refractivity contribution in [2.24, 2.45) is 0 Å². The minimum atomic E-state index is -0.587. The standard InChI is InChI=1S/C13H15BrFN3O2/c1-16-12(19)10-7-17-5-6-18(10)13(20)8-3-2-4-9(15)11(8)14/h2-4,10,17H,5-7H2,1H3,(H,16,19). The fourth-order valence-corrected chi connectivity index (χ4v) is 2.61. The Morgan fingerprint density at radius 2 is 2.25 bits per heavy atom. The van der Waals surface area contributed by atoms with E-state index in [1.54, 1.807) is 6.07 Å². The number of carbonyl (C=O) groups excluding carboxylic acids is 2. The minimum Gasteiger partial charge on any atom is -0.357 e. The lowest BCUT2D eigenvalue weighted by molar-refractivity contribution is -0.125. The van der Waals surface area contributed by atoms with Crippen LogP contribution < -0.4 is 10.6 Å². The van der Waals surface area contributed by atoms with Gasteiger partial charge in [0.2, 0.25) is 5.91 Å². The molecule has 2 N–H and O–H groups in total. The monoisotopic (exact) mass is 343 g/mol. The summed E-state index contributed by atoms with van der Waals surface area (Å²) in [4.78, 5) is 25.8. The van der Waals surface area contributed by atoms with Gasteiger partial charge in [0.25, 0.3) is 5.91 Å². The molecule has 20 heavy (non-hydrogen) atoms. The second-order valence-corrected chi connectivity index (χ2v) is 5.23. The van der Waals surface area contributed by atoms with Crippen molar-refractivity contribution in [1.29, 1.82) is 0 Å². The Balaban J connectivity index is 2.30. The first-order chi connectivity index (χ1) is 9.56. The van der Waals surface area contributed by atoms with Crippen LogP contribution in [0.3, 0.4) is 0 Å². The lowest BCUT2D eigenvalue weighted by Crippen LogP contribution is -2.59. The topological polar surface area (TPSA) is 61.4 Å². The van der Waals surface area contributed by atoms with Gasteiger partial charge in [-0.05, 0) is 28.1 Å². The minimum absolute atomic E-state index is 0.124. The molecule has 1 heterocycles. The van der Waals surface area contributed by atoms with E-state index in [-0.39, 0.29) is 21.9 Å². The van der Waals surface area contributed by atoms with Crippen LogP contribution in [-0.4, -0.2) is 49.4 Å². The molecular formula is C13H15BrFN3O2. The number of hydrogen-bond donors (Lipinski definition) is 2. The lowest BCUT2D eigenvalue weighted by Gasteiger charge is -2.35. The van der Waals surface area contributed by atoms with Crippen LogP contribution in [0.2, 0.25) is 0 Å². The van der Waals surface area contributed by atoms with Crippen molar-refractivity contribution in [3.05, 3.63) is 34.1 Å². The number of halogens is 2. The third-order valence-electron chi connectivity index (χ3n) is 3.24. The summed E-state index contributed by atoms with van der Waals surface area (Å²) in [6.07, 6.45) is 0. The molecule has 1 saturated heterocycles. The van der Waals surface area contributed by atoms with Crippen LogP contribution in [0, 0.1) is 5.82 Å². The fourth-order valence-electron chi connectivity index (χ4n) is 2.17. The summed E-state index contributed by atoms with van der Waals surface area (Å²) in [5, 5.41) is 5.61. The first-order valence-electron chi connectivity index (χ1n) is 6.23. The van der Waals surface area contributed by atoms with Gasteiger partial charge in [-0.15, -0.1) is 0 Å². The predicted molar refractivity (Wildman–Crippen MR) is 75.9 cm³/mol. The Morgan fingerprint density at radius 1 is 1.50 bits per heavy atom. The first-order valence-corrected chi connectivity index (χ1v) is 7.03. The molecule has 1 fully saturated rings. The maximum atomic E-state index is 13.5. The Morgan fingerprint density at radius 3 is 2.95 bits per heavy atom. The van der Waals surface area contributed by atoms with Crippen molar-refractivity contribution in [3.63, 3.8) is 0 Å². The van der Waals surface area contributed by atoms with E-state index in [0.29, 0.717) is 19.6 Å². The van der Waals surface area contributed by atoms with Gasteiger partial charge in [0.1, 0.15) is 11.9 Å². The zero-order chi connectivity index (χ0) is 14.7. The van der Waals surface area contributed by atoms with Gasteiger partial charge < -0.3 is 15.5 Å². The average molecular weight is 344 g/mol. The molecular weight excluding hydrogens is 329 g/mol. The number of benzene rings is 1. The van der Waals surface area contributed by atoms with Gasteiger partial charge in [-0.2, -0.15) is 0 Å². The maximum Gasteiger partial charge on any atom is 0.255 e. The molecule has 2 rings (SSSR count). The van der Waals surface area contributed by atoms with Gasteiger partial charge in [-0.3, -0.25) is 9.59 Å². The van der Waals surface area contributed by atoms with Gasteiger partial charge in [0.15, 0.2) is 0 Å². The highest BCUT2D eigenvalue weighted by molar-refractivity contribution is 9.10. The highest BCUT2D eigenvalue weighted by atomic mass is 79.9. The summed E-state index contributed by atoms with van der Waals surface area (Å²) in [7, 11) is 1.53. The van der Waals surface area contributed by atoms with E-state index in [9.17, 15) is 14.0 Å². The zero-order valence-electron chi connectivity index (χ0n) is 11.0. The number of amides is 2. The van der Waals surface area contributed by atoms with Gasteiger partial charge in [-0.25, -0.2) is 4.39 Å². The molecule has 0 spiro atoms. The number of hydrogen-bond acceptors (Lipinski definition) is 3. The van der Waals surface area contributed by atoms with Crippen LogP contribution in [0.4, 0.5) is 4.39 Å². The first kappa shape index (κ1) is 14.9. The molecule has 0 bridgehead atoms. The fraction of sp³-hybridized carbons (Fsp3) is 0.385. The van der Waals surface area contributed by atoms with Gasteiger partial charge in [0, 0.05) is 26.7 Å². The van der Waals surface area contributed by atoms with Crippen molar-refractivity contribution < 1.29 is 14.0 Å². The third kappa shape index (κ3) is 2.83. The van der Waals surface area contributed by atoms with E-state index in [4.69, 9.17) is 0 Å².